The van der Waals surface area contributed by atoms with Crippen molar-refractivity contribution in [2.45, 2.75) is 12.8 Å². The first-order valence-electron chi connectivity index (χ1n) is 6.10. The summed E-state index contributed by atoms with van der Waals surface area (Å²) in [5, 5.41) is 11.9. The van der Waals surface area contributed by atoms with Crippen LogP contribution in [0.4, 0.5) is 11.9 Å². The molecule has 0 bridgehead atoms. The lowest BCUT2D eigenvalue weighted by molar-refractivity contribution is 0.263. The molecule has 0 amide bonds. The van der Waals surface area contributed by atoms with E-state index in [1.807, 2.05) is 0 Å². The van der Waals surface area contributed by atoms with Crippen LogP contribution in [0.3, 0.4) is 0 Å². The molecule has 1 aromatic heterocycles. The van der Waals surface area contributed by atoms with Crippen LogP contribution < -0.4 is 15.0 Å². The maximum absolute atomic E-state index is 8.96. The third-order valence-corrected chi connectivity index (χ3v) is 3.12. The minimum absolute atomic E-state index is 0.237. The number of methoxy groups -OCH3 is 1. The van der Waals surface area contributed by atoms with Crippen molar-refractivity contribution in [1.29, 1.82) is 0 Å². The number of rotatable bonds is 5. The van der Waals surface area contributed by atoms with E-state index in [9.17, 15) is 0 Å². The van der Waals surface area contributed by atoms with Gasteiger partial charge in [0.2, 0.25) is 11.9 Å². The van der Waals surface area contributed by atoms with Gasteiger partial charge in [-0.05, 0) is 18.8 Å². The molecule has 2 rings (SSSR count). The van der Waals surface area contributed by atoms with Crippen molar-refractivity contribution < 1.29 is 9.84 Å². The molecule has 0 aromatic carbocycles. The third-order valence-electron chi connectivity index (χ3n) is 3.12. The Bertz CT molecular complexity index is 379. The fourth-order valence-corrected chi connectivity index (χ4v) is 2.12. The Hall–Kier alpha value is -1.63. The molecule has 0 saturated carbocycles. The summed E-state index contributed by atoms with van der Waals surface area (Å²) in [7, 11) is 3.30. The monoisotopic (exact) mass is 253 g/mol. The van der Waals surface area contributed by atoms with Crippen molar-refractivity contribution in [3.05, 3.63) is 0 Å². The quantitative estimate of drug-likeness (QED) is 0.771. The van der Waals surface area contributed by atoms with E-state index in [1.54, 1.807) is 7.05 Å². The van der Waals surface area contributed by atoms with Crippen LogP contribution in [0.25, 0.3) is 0 Å². The van der Waals surface area contributed by atoms with Gasteiger partial charge in [-0.2, -0.15) is 15.0 Å². The minimum atomic E-state index is 0.237. The fourth-order valence-electron chi connectivity index (χ4n) is 2.12. The number of aromatic nitrogens is 3. The first kappa shape index (κ1) is 12.8. The zero-order valence-electron chi connectivity index (χ0n) is 10.8. The largest absolute Gasteiger partial charge is 0.467 e. The summed E-state index contributed by atoms with van der Waals surface area (Å²) in [6, 6.07) is 0.315. The summed E-state index contributed by atoms with van der Waals surface area (Å²) in [6.07, 6.45) is 1.89. The zero-order chi connectivity index (χ0) is 13.0. The highest BCUT2D eigenvalue weighted by molar-refractivity contribution is 5.39. The number of hydrogen-bond donors (Lipinski definition) is 2. The van der Waals surface area contributed by atoms with E-state index < -0.39 is 0 Å². The molecule has 100 valence electrons. The molecule has 18 heavy (non-hydrogen) atoms. The molecule has 2 heterocycles. The highest BCUT2D eigenvalue weighted by Gasteiger charge is 2.24. The van der Waals surface area contributed by atoms with Crippen LogP contribution in [0.15, 0.2) is 0 Å². The Balaban J connectivity index is 2.13. The Morgan fingerprint density at radius 3 is 2.94 bits per heavy atom. The van der Waals surface area contributed by atoms with E-state index in [4.69, 9.17) is 9.84 Å². The SMILES string of the molecule is CNc1nc(OC)nc(N2CCC(CCO)C2)n1. The van der Waals surface area contributed by atoms with Gasteiger partial charge in [0.15, 0.2) is 0 Å². The van der Waals surface area contributed by atoms with Crippen LogP contribution in [-0.4, -0.2) is 53.9 Å². The predicted molar refractivity (Wildman–Crippen MR) is 67.9 cm³/mol. The average Bonchev–Trinajstić information content (AvgIpc) is 2.87. The van der Waals surface area contributed by atoms with Gasteiger partial charge in [-0.1, -0.05) is 0 Å². The van der Waals surface area contributed by atoms with Crippen molar-refractivity contribution >= 4 is 11.9 Å². The molecule has 0 spiro atoms. The van der Waals surface area contributed by atoms with Crippen LogP contribution in [0, 0.1) is 5.92 Å². The standard InChI is InChI=1S/C11H19N5O2/c1-12-9-13-10(15-11(14-9)18-2)16-5-3-8(7-16)4-6-17/h8,17H,3-7H2,1-2H3,(H,12,13,14,15). The highest BCUT2D eigenvalue weighted by atomic mass is 16.5. The second kappa shape index (κ2) is 5.81. The van der Waals surface area contributed by atoms with Gasteiger partial charge in [-0.3, -0.25) is 0 Å². The summed E-state index contributed by atoms with van der Waals surface area (Å²) in [5.41, 5.74) is 0. The normalized spacial score (nSPS) is 19.1. The molecule has 1 aliphatic heterocycles. The molecule has 7 heteroatoms. The summed E-state index contributed by atoms with van der Waals surface area (Å²) in [5.74, 6) is 1.64. The lowest BCUT2D eigenvalue weighted by Gasteiger charge is -2.17. The molecule has 1 aliphatic rings. The second-order valence-corrected chi connectivity index (χ2v) is 4.31. The number of aliphatic hydroxyl groups excluding tert-OH is 1. The highest BCUT2D eigenvalue weighted by Crippen LogP contribution is 2.24. The van der Waals surface area contributed by atoms with Crippen molar-refractivity contribution in [1.82, 2.24) is 15.0 Å². The molecular weight excluding hydrogens is 234 g/mol. The number of hydrogen-bond acceptors (Lipinski definition) is 7. The number of ether oxygens (including phenoxy) is 1. The lowest BCUT2D eigenvalue weighted by atomic mass is 10.1. The smallest absolute Gasteiger partial charge is 0.322 e. The van der Waals surface area contributed by atoms with E-state index in [1.165, 1.54) is 7.11 Å². The van der Waals surface area contributed by atoms with Crippen LogP contribution in [0.2, 0.25) is 0 Å². The Morgan fingerprint density at radius 1 is 1.44 bits per heavy atom. The molecular formula is C11H19N5O2. The summed E-state index contributed by atoms with van der Waals surface area (Å²) >= 11 is 0. The fraction of sp³-hybridized carbons (Fsp3) is 0.727. The van der Waals surface area contributed by atoms with Crippen LogP contribution in [-0.2, 0) is 0 Å². The Morgan fingerprint density at radius 2 is 2.28 bits per heavy atom. The van der Waals surface area contributed by atoms with Crippen LogP contribution >= 0.6 is 0 Å². The van der Waals surface area contributed by atoms with Gasteiger partial charge in [0.25, 0.3) is 0 Å². The summed E-state index contributed by atoms with van der Waals surface area (Å²) in [6.45, 7) is 2.01. The second-order valence-electron chi connectivity index (χ2n) is 4.31. The predicted octanol–water partition coefficient (Wildman–Crippen LogP) is 0.131. The number of aliphatic hydroxyl groups is 1. The van der Waals surface area contributed by atoms with Gasteiger partial charge in [0.05, 0.1) is 7.11 Å². The van der Waals surface area contributed by atoms with E-state index in [2.05, 4.69) is 25.2 Å². The van der Waals surface area contributed by atoms with Crippen LogP contribution in [0.1, 0.15) is 12.8 Å². The third kappa shape index (κ3) is 2.79. The first-order valence-corrected chi connectivity index (χ1v) is 6.10. The Labute approximate surface area is 106 Å². The molecule has 7 nitrogen and oxygen atoms in total. The van der Waals surface area contributed by atoms with Crippen molar-refractivity contribution in [3.63, 3.8) is 0 Å². The molecule has 0 aliphatic carbocycles. The van der Waals surface area contributed by atoms with Gasteiger partial charge in [-0.25, -0.2) is 0 Å². The van der Waals surface area contributed by atoms with E-state index in [0.717, 1.165) is 25.9 Å². The molecule has 1 fully saturated rings. The van der Waals surface area contributed by atoms with Crippen molar-refractivity contribution in [2.24, 2.45) is 5.92 Å². The summed E-state index contributed by atoms with van der Waals surface area (Å²) in [4.78, 5) is 14.8. The molecule has 1 atom stereocenters. The Kier molecular flexibility index (Phi) is 4.14. The number of anilines is 2. The van der Waals surface area contributed by atoms with Gasteiger partial charge >= 0.3 is 6.01 Å². The van der Waals surface area contributed by atoms with Gasteiger partial charge in [0.1, 0.15) is 0 Å². The molecule has 1 saturated heterocycles. The number of nitrogens with zero attached hydrogens (tertiary/aromatic N) is 4. The lowest BCUT2D eigenvalue weighted by Crippen LogP contribution is -2.23. The molecule has 0 radical (unpaired) electrons. The average molecular weight is 253 g/mol. The molecule has 2 N–H and O–H groups in total. The van der Waals surface area contributed by atoms with Gasteiger partial charge < -0.3 is 20.1 Å². The summed E-state index contributed by atoms with van der Waals surface area (Å²) < 4.78 is 5.06. The van der Waals surface area contributed by atoms with Gasteiger partial charge in [0, 0.05) is 26.7 Å². The topological polar surface area (TPSA) is 83.4 Å². The maximum atomic E-state index is 8.96. The molecule has 1 aromatic rings. The van der Waals surface area contributed by atoms with E-state index in [0.29, 0.717) is 23.8 Å². The maximum Gasteiger partial charge on any atom is 0.322 e. The first-order chi connectivity index (χ1) is 8.76. The molecule has 1 unspecified atom stereocenters. The minimum Gasteiger partial charge on any atom is -0.467 e. The van der Waals surface area contributed by atoms with E-state index in [-0.39, 0.29) is 6.61 Å². The van der Waals surface area contributed by atoms with Crippen molar-refractivity contribution in [2.75, 3.05) is 44.1 Å². The van der Waals surface area contributed by atoms with E-state index >= 15 is 0 Å². The van der Waals surface area contributed by atoms with Crippen molar-refractivity contribution in [3.8, 4) is 6.01 Å². The van der Waals surface area contributed by atoms with Crippen LogP contribution in [0.5, 0.6) is 6.01 Å². The zero-order valence-corrected chi connectivity index (χ0v) is 10.8. The van der Waals surface area contributed by atoms with Gasteiger partial charge in [-0.15, -0.1) is 0 Å². The number of nitrogens with one attached hydrogen (secondary N) is 1.